The van der Waals surface area contributed by atoms with Crippen LogP contribution < -0.4 is 9.47 Å². The minimum absolute atomic E-state index is 0.146. The van der Waals surface area contributed by atoms with Crippen LogP contribution in [0, 0.1) is 5.92 Å². The lowest BCUT2D eigenvalue weighted by atomic mass is 10.1. The van der Waals surface area contributed by atoms with Gasteiger partial charge >= 0.3 is 0 Å². The number of fused-ring (bicyclic) bond motifs is 1. The van der Waals surface area contributed by atoms with E-state index >= 15 is 0 Å². The van der Waals surface area contributed by atoms with Crippen LogP contribution in [0.3, 0.4) is 0 Å². The third kappa shape index (κ3) is 2.37. The third-order valence-electron chi connectivity index (χ3n) is 4.45. The molecule has 1 saturated carbocycles. The summed E-state index contributed by atoms with van der Waals surface area (Å²) in [4.78, 5) is 11.6. The molecule has 4 rings (SSSR count). The van der Waals surface area contributed by atoms with Crippen LogP contribution in [0.25, 0.3) is 0 Å². The summed E-state index contributed by atoms with van der Waals surface area (Å²) in [7, 11) is -3.62. The summed E-state index contributed by atoms with van der Waals surface area (Å²) in [6.07, 6.45) is 0.716. The maximum absolute atomic E-state index is 12.8. The maximum atomic E-state index is 12.8. The zero-order chi connectivity index (χ0) is 16.9. The Morgan fingerprint density at radius 1 is 1.04 bits per heavy atom. The Morgan fingerprint density at radius 3 is 2.46 bits per heavy atom. The van der Waals surface area contributed by atoms with E-state index in [0.717, 1.165) is 5.56 Å². The molecule has 5 nitrogen and oxygen atoms in total. The summed E-state index contributed by atoms with van der Waals surface area (Å²) < 4.78 is 36.3. The van der Waals surface area contributed by atoms with Crippen LogP contribution in [0.15, 0.2) is 47.4 Å². The smallest absolute Gasteiger partial charge is 0.231 e. The number of sulfone groups is 1. The molecule has 3 atom stereocenters. The lowest BCUT2D eigenvalue weighted by Gasteiger charge is -2.05. The Bertz CT molecular complexity index is 907. The molecule has 1 heterocycles. The number of carbonyl (C=O) groups excluding carboxylic acids is 1. The molecule has 0 amide bonds. The van der Waals surface area contributed by atoms with Gasteiger partial charge in [0.05, 0.1) is 10.1 Å². The van der Waals surface area contributed by atoms with Crippen molar-refractivity contribution in [2.45, 2.75) is 16.1 Å². The second-order valence-corrected chi connectivity index (χ2v) is 8.36. The molecule has 1 aliphatic heterocycles. The number of halogens is 1. The van der Waals surface area contributed by atoms with Gasteiger partial charge in [-0.05, 0) is 42.0 Å². The molecule has 0 saturated heterocycles. The molecule has 3 unspecified atom stereocenters. The normalized spacial score (nSPS) is 24.6. The van der Waals surface area contributed by atoms with Crippen molar-refractivity contribution in [3.05, 3.63) is 53.1 Å². The van der Waals surface area contributed by atoms with E-state index in [0.29, 0.717) is 22.8 Å². The van der Waals surface area contributed by atoms with Gasteiger partial charge in [-0.2, -0.15) is 0 Å². The first-order valence-corrected chi connectivity index (χ1v) is 9.29. The zero-order valence-electron chi connectivity index (χ0n) is 12.4. The number of rotatable bonds is 4. The van der Waals surface area contributed by atoms with Crippen molar-refractivity contribution in [3.63, 3.8) is 0 Å². The van der Waals surface area contributed by atoms with E-state index in [-0.39, 0.29) is 17.6 Å². The minimum Gasteiger partial charge on any atom is -0.454 e. The van der Waals surface area contributed by atoms with Crippen molar-refractivity contribution in [3.8, 4) is 11.5 Å². The fourth-order valence-electron chi connectivity index (χ4n) is 3.18. The van der Waals surface area contributed by atoms with E-state index in [9.17, 15) is 13.2 Å². The highest BCUT2D eigenvalue weighted by Crippen LogP contribution is 2.54. The number of hydrogen-bond acceptors (Lipinski definition) is 5. The van der Waals surface area contributed by atoms with Crippen LogP contribution >= 0.6 is 11.6 Å². The molecule has 0 bridgehead atoms. The lowest BCUT2D eigenvalue weighted by molar-refractivity contribution is -0.108. The summed E-state index contributed by atoms with van der Waals surface area (Å²) in [5, 5.41) is -0.305. The van der Waals surface area contributed by atoms with Crippen LogP contribution in [0.5, 0.6) is 11.5 Å². The monoisotopic (exact) mass is 364 g/mol. The van der Waals surface area contributed by atoms with E-state index in [1.807, 2.05) is 0 Å². The van der Waals surface area contributed by atoms with Crippen molar-refractivity contribution in [2.75, 3.05) is 6.79 Å². The SMILES string of the molecule is O=CC1C(c2ccc3c(c2)OCO3)C1S(=O)(=O)c1ccc(Cl)cc1. The summed E-state index contributed by atoms with van der Waals surface area (Å²) >= 11 is 5.81. The van der Waals surface area contributed by atoms with E-state index < -0.39 is 21.0 Å². The fourth-order valence-corrected chi connectivity index (χ4v) is 5.42. The molecule has 2 aromatic rings. The second kappa shape index (κ2) is 5.50. The van der Waals surface area contributed by atoms with Gasteiger partial charge in [-0.25, -0.2) is 8.42 Å². The van der Waals surface area contributed by atoms with Crippen LogP contribution in [-0.4, -0.2) is 26.7 Å². The number of benzene rings is 2. The molecule has 1 fully saturated rings. The highest BCUT2D eigenvalue weighted by molar-refractivity contribution is 7.92. The van der Waals surface area contributed by atoms with Crippen molar-refractivity contribution < 1.29 is 22.7 Å². The molecule has 7 heteroatoms. The first kappa shape index (κ1) is 15.5. The van der Waals surface area contributed by atoms with E-state index in [1.165, 1.54) is 24.3 Å². The molecule has 1 aliphatic carbocycles. The summed E-state index contributed by atoms with van der Waals surface area (Å²) in [5.74, 6) is 0.259. The lowest BCUT2D eigenvalue weighted by Crippen LogP contribution is -2.11. The molecular weight excluding hydrogens is 352 g/mol. The number of ether oxygens (including phenoxy) is 2. The molecule has 0 N–H and O–H groups in total. The maximum Gasteiger partial charge on any atom is 0.231 e. The zero-order valence-corrected chi connectivity index (χ0v) is 14.0. The van der Waals surface area contributed by atoms with Crippen molar-refractivity contribution in [1.29, 1.82) is 0 Å². The molecule has 0 spiro atoms. The van der Waals surface area contributed by atoms with Crippen LogP contribution in [-0.2, 0) is 14.6 Å². The van der Waals surface area contributed by atoms with Crippen molar-refractivity contribution in [2.24, 2.45) is 5.92 Å². The average molecular weight is 365 g/mol. The Kier molecular flexibility index (Phi) is 3.54. The summed E-state index contributed by atoms with van der Waals surface area (Å²) in [6.45, 7) is 0.146. The van der Waals surface area contributed by atoms with Gasteiger partial charge in [0.2, 0.25) is 6.79 Å². The van der Waals surface area contributed by atoms with Gasteiger partial charge in [0.25, 0.3) is 0 Å². The van der Waals surface area contributed by atoms with Gasteiger partial charge in [-0.3, -0.25) is 0 Å². The first-order valence-electron chi connectivity index (χ1n) is 7.36. The van der Waals surface area contributed by atoms with Gasteiger partial charge in [0, 0.05) is 16.9 Å². The Labute approximate surface area is 144 Å². The van der Waals surface area contributed by atoms with Crippen LogP contribution in [0.4, 0.5) is 0 Å². The van der Waals surface area contributed by atoms with Gasteiger partial charge in [0.15, 0.2) is 21.3 Å². The van der Waals surface area contributed by atoms with E-state index in [2.05, 4.69) is 0 Å². The largest absolute Gasteiger partial charge is 0.454 e. The van der Waals surface area contributed by atoms with Gasteiger partial charge in [0.1, 0.15) is 6.29 Å². The fraction of sp³-hybridized carbons (Fsp3) is 0.235. The average Bonchev–Trinajstić information content (AvgIpc) is 3.15. The van der Waals surface area contributed by atoms with Crippen LogP contribution in [0.2, 0.25) is 5.02 Å². The minimum atomic E-state index is -3.62. The molecule has 2 aromatic carbocycles. The highest BCUT2D eigenvalue weighted by atomic mass is 35.5. The number of aldehydes is 1. The molecule has 0 aromatic heterocycles. The second-order valence-electron chi connectivity index (χ2n) is 5.82. The molecule has 0 radical (unpaired) electrons. The van der Waals surface area contributed by atoms with Crippen molar-refractivity contribution in [1.82, 2.24) is 0 Å². The highest BCUT2D eigenvalue weighted by Gasteiger charge is 2.59. The molecule has 24 heavy (non-hydrogen) atoms. The quantitative estimate of drug-likeness (QED) is 0.780. The summed E-state index contributed by atoms with van der Waals surface area (Å²) in [5.41, 5.74) is 0.763. The topological polar surface area (TPSA) is 69.7 Å². The predicted molar refractivity (Wildman–Crippen MR) is 87.3 cm³/mol. The van der Waals surface area contributed by atoms with Gasteiger partial charge in [-0.1, -0.05) is 17.7 Å². The number of carbonyl (C=O) groups is 1. The first-order chi connectivity index (χ1) is 11.5. The third-order valence-corrected chi connectivity index (χ3v) is 6.95. The van der Waals surface area contributed by atoms with Crippen LogP contribution in [0.1, 0.15) is 11.5 Å². The van der Waals surface area contributed by atoms with E-state index in [4.69, 9.17) is 21.1 Å². The van der Waals surface area contributed by atoms with Gasteiger partial charge in [-0.15, -0.1) is 0 Å². The molecule has 2 aliphatic rings. The standard InChI is InChI=1S/C17H13ClO5S/c18-11-2-4-12(5-3-11)24(20,21)17-13(8-19)16(17)10-1-6-14-15(7-10)23-9-22-14/h1-8,13,16-17H,9H2. The summed E-state index contributed by atoms with van der Waals surface area (Å²) in [6, 6.07) is 11.3. The Balaban J connectivity index is 1.68. The Hall–Kier alpha value is -2.05. The van der Waals surface area contributed by atoms with E-state index in [1.54, 1.807) is 18.2 Å². The number of hydrogen-bond donors (Lipinski definition) is 0. The molecular formula is C17H13ClO5S. The predicted octanol–water partition coefficient (Wildman–Crippen LogP) is 2.82. The molecule has 124 valence electrons. The van der Waals surface area contributed by atoms with Crippen molar-refractivity contribution >= 4 is 27.7 Å². The Morgan fingerprint density at radius 2 is 1.75 bits per heavy atom. The van der Waals surface area contributed by atoms with Gasteiger partial charge < -0.3 is 14.3 Å².